The van der Waals surface area contributed by atoms with Crippen LogP contribution >= 0.6 is 23.1 Å². The molecule has 2 unspecified atom stereocenters. The second-order valence-corrected chi connectivity index (χ2v) is 7.28. The van der Waals surface area contributed by atoms with E-state index < -0.39 is 6.04 Å². The van der Waals surface area contributed by atoms with Gasteiger partial charge in [-0.1, -0.05) is 12.1 Å². The highest BCUT2D eigenvalue weighted by molar-refractivity contribution is 8.00. The summed E-state index contributed by atoms with van der Waals surface area (Å²) in [4.78, 5) is 31.5. The number of hydrogen-bond donors (Lipinski definition) is 1. The van der Waals surface area contributed by atoms with Crippen molar-refractivity contribution in [1.29, 1.82) is 0 Å². The van der Waals surface area contributed by atoms with Crippen molar-refractivity contribution in [3.63, 3.8) is 0 Å². The second-order valence-electron chi connectivity index (χ2n) is 5.23. The molecule has 23 heavy (non-hydrogen) atoms. The molecule has 1 saturated heterocycles. The first-order valence-corrected chi connectivity index (χ1v) is 9.22. The molecule has 0 aromatic carbocycles. The summed E-state index contributed by atoms with van der Waals surface area (Å²) in [5.74, 6) is 0.284. The van der Waals surface area contributed by atoms with Crippen LogP contribution in [0.5, 0.6) is 0 Å². The van der Waals surface area contributed by atoms with Gasteiger partial charge < -0.3 is 10.2 Å². The summed E-state index contributed by atoms with van der Waals surface area (Å²) in [7, 11) is 0. The highest BCUT2D eigenvalue weighted by atomic mass is 32.2. The van der Waals surface area contributed by atoms with Crippen molar-refractivity contribution in [2.75, 3.05) is 5.75 Å². The van der Waals surface area contributed by atoms with Gasteiger partial charge in [-0.15, -0.1) is 23.1 Å². The van der Waals surface area contributed by atoms with Crippen molar-refractivity contribution in [2.24, 2.45) is 0 Å². The third-order valence-electron chi connectivity index (χ3n) is 3.68. The molecule has 120 valence electrons. The van der Waals surface area contributed by atoms with Gasteiger partial charge in [0.25, 0.3) is 0 Å². The van der Waals surface area contributed by atoms with Crippen LogP contribution in [0.15, 0.2) is 42.0 Å². The summed E-state index contributed by atoms with van der Waals surface area (Å²) in [5.41, 5.74) is 0.935. The van der Waals surface area contributed by atoms with Gasteiger partial charge in [0, 0.05) is 23.8 Å². The number of nitrogens with zero attached hydrogens (tertiary/aromatic N) is 2. The molecule has 1 fully saturated rings. The maximum Gasteiger partial charge on any atom is 0.242 e. The number of thioether (sulfide) groups is 1. The Balaban J connectivity index is 1.66. The second kappa shape index (κ2) is 7.14. The van der Waals surface area contributed by atoms with Crippen LogP contribution in [0.25, 0.3) is 0 Å². The molecule has 0 bridgehead atoms. The lowest BCUT2D eigenvalue weighted by Crippen LogP contribution is -2.46. The average molecular weight is 347 g/mol. The van der Waals surface area contributed by atoms with Crippen molar-refractivity contribution >= 4 is 34.9 Å². The Morgan fingerprint density at radius 1 is 1.48 bits per heavy atom. The first-order valence-electron chi connectivity index (χ1n) is 7.29. The van der Waals surface area contributed by atoms with E-state index in [9.17, 15) is 9.59 Å². The fourth-order valence-corrected chi connectivity index (χ4v) is 4.70. The molecule has 5 nitrogen and oxygen atoms in total. The maximum absolute atomic E-state index is 12.4. The summed E-state index contributed by atoms with van der Waals surface area (Å²) in [6.07, 6.45) is 3.41. The Kier molecular flexibility index (Phi) is 4.97. The third kappa shape index (κ3) is 3.56. The summed E-state index contributed by atoms with van der Waals surface area (Å²) >= 11 is 3.18. The molecule has 3 rings (SSSR count). The smallest absolute Gasteiger partial charge is 0.242 e. The molecular weight excluding hydrogens is 330 g/mol. The van der Waals surface area contributed by atoms with Crippen molar-refractivity contribution in [3.05, 3.63) is 52.5 Å². The largest absolute Gasteiger partial charge is 0.350 e. The van der Waals surface area contributed by atoms with Crippen molar-refractivity contribution < 1.29 is 9.59 Å². The normalized spacial score (nSPS) is 18.9. The molecule has 1 aliphatic rings. The molecule has 7 heteroatoms. The summed E-state index contributed by atoms with van der Waals surface area (Å²) in [6, 6.07) is 7.21. The average Bonchev–Trinajstić information content (AvgIpc) is 3.22. The number of thiophene rings is 1. The zero-order chi connectivity index (χ0) is 16.2. The number of carbonyl (C=O) groups is 2. The minimum atomic E-state index is -0.499. The number of hydrogen-bond acceptors (Lipinski definition) is 5. The van der Waals surface area contributed by atoms with Crippen LogP contribution in [0.3, 0.4) is 0 Å². The van der Waals surface area contributed by atoms with Gasteiger partial charge in [0.05, 0.1) is 5.75 Å². The number of nitrogens with one attached hydrogen (secondary N) is 1. The molecule has 2 atom stereocenters. The molecule has 2 amide bonds. The van der Waals surface area contributed by atoms with Crippen molar-refractivity contribution in [3.8, 4) is 0 Å². The van der Waals surface area contributed by atoms with Gasteiger partial charge in [0.1, 0.15) is 11.4 Å². The van der Waals surface area contributed by atoms with Crippen LogP contribution in [0, 0.1) is 0 Å². The lowest BCUT2D eigenvalue weighted by Gasteiger charge is -2.28. The Morgan fingerprint density at radius 2 is 2.35 bits per heavy atom. The van der Waals surface area contributed by atoms with Crippen LogP contribution in [-0.4, -0.2) is 33.5 Å². The molecular formula is C16H17N3O2S2. The summed E-state index contributed by atoms with van der Waals surface area (Å²) < 4.78 is 0. The Hall–Kier alpha value is -1.86. The molecule has 2 aromatic heterocycles. The van der Waals surface area contributed by atoms with E-state index in [0.717, 1.165) is 10.4 Å². The Bertz CT molecular complexity index is 676. The van der Waals surface area contributed by atoms with E-state index in [1.54, 1.807) is 47.3 Å². The predicted octanol–water partition coefficient (Wildman–Crippen LogP) is 2.42. The summed E-state index contributed by atoms with van der Waals surface area (Å²) in [5, 5.41) is 4.81. The number of rotatable bonds is 5. The third-order valence-corrected chi connectivity index (χ3v) is 5.96. The quantitative estimate of drug-likeness (QED) is 0.902. The van der Waals surface area contributed by atoms with E-state index in [4.69, 9.17) is 0 Å². The lowest BCUT2D eigenvalue weighted by molar-refractivity contribution is -0.137. The van der Waals surface area contributed by atoms with E-state index in [1.807, 2.05) is 29.6 Å². The topological polar surface area (TPSA) is 62.3 Å². The van der Waals surface area contributed by atoms with Crippen molar-refractivity contribution in [1.82, 2.24) is 15.2 Å². The zero-order valence-corrected chi connectivity index (χ0v) is 14.3. The number of aromatic nitrogens is 1. The van der Waals surface area contributed by atoms with Crippen LogP contribution in [-0.2, 0) is 16.1 Å². The van der Waals surface area contributed by atoms with Crippen molar-refractivity contribution in [2.45, 2.75) is 24.9 Å². The van der Waals surface area contributed by atoms with Gasteiger partial charge >= 0.3 is 0 Å². The number of carbonyl (C=O) groups excluding carboxylic acids is 2. The van der Waals surface area contributed by atoms with Gasteiger partial charge in [-0.2, -0.15) is 0 Å². The molecule has 2 aromatic rings. The van der Waals surface area contributed by atoms with E-state index >= 15 is 0 Å². The lowest BCUT2D eigenvalue weighted by atomic mass is 10.2. The van der Waals surface area contributed by atoms with Crippen LogP contribution < -0.4 is 5.32 Å². The van der Waals surface area contributed by atoms with E-state index in [1.165, 1.54) is 0 Å². The molecule has 0 radical (unpaired) electrons. The van der Waals surface area contributed by atoms with Gasteiger partial charge in [-0.05, 0) is 30.0 Å². The molecule has 1 aliphatic heterocycles. The van der Waals surface area contributed by atoms with Gasteiger partial charge in [0.15, 0.2) is 0 Å². The Labute approximate surface area is 143 Å². The molecule has 0 aliphatic carbocycles. The van der Waals surface area contributed by atoms with E-state index in [2.05, 4.69) is 10.3 Å². The first kappa shape index (κ1) is 16.0. The minimum absolute atomic E-state index is 0.0115. The summed E-state index contributed by atoms with van der Waals surface area (Å²) in [6.45, 7) is 2.19. The van der Waals surface area contributed by atoms with Crippen LogP contribution in [0.2, 0.25) is 0 Å². The fourth-order valence-electron chi connectivity index (χ4n) is 2.47. The fraction of sp³-hybridized carbons (Fsp3) is 0.312. The monoisotopic (exact) mass is 347 g/mol. The SMILES string of the molecule is CC(C(=O)NCc1cccnc1)N1C(=O)CSC1c1cccs1. The van der Waals surface area contributed by atoms with Gasteiger partial charge in [-0.25, -0.2) is 0 Å². The number of amides is 2. The first-order chi connectivity index (χ1) is 11.2. The van der Waals surface area contributed by atoms with Gasteiger partial charge in [-0.3, -0.25) is 14.6 Å². The Morgan fingerprint density at radius 3 is 3.04 bits per heavy atom. The number of pyridine rings is 1. The van der Waals surface area contributed by atoms with Gasteiger partial charge in [0.2, 0.25) is 11.8 Å². The molecule has 1 N–H and O–H groups in total. The maximum atomic E-state index is 12.4. The van der Waals surface area contributed by atoms with E-state index in [-0.39, 0.29) is 17.2 Å². The molecule has 0 saturated carbocycles. The molecule has 0 spiro atoms. The highest BCUT2D eigenvalue weighted by Crippen LogP contribution is 2.41. The van der Waals surface area contributed by atoms with Crippen LogP contribution in [0.4, 0.5) is 0 Å². The van der Waals surface area contributed by atoms with E-state index in [0.29, 0.717) is 12.3 Å². The zero-order valence-electron chi connectivity index (χ0n) is 12.6. The predicted molar refractivity (Wildman–Crippen MR) is 91.9 cm³/mol. The van der Waals surface area contributed by atoms with Crippen LogP contribution in [0.1, 0.15) is 22.7 Å². The highest BCUT2D eigenvalue weighted by Gasteiger charge is 2.39. The molecule has 3 heterocycles. The minimum Gasteiger partial charge on any atom is -0.350 e. The standard InChI is InChI=1S/C16H17N3O2S2/c1-11(15(21)18-9-12-4-2-6-17-8-12)19-14(20)10-23-16(19)13-5-3-7-22-13/h2-8,11,16H,9-10H2,1H3,(H,18,21).